The first-order valence-electron chi connectivity index (χ1n) is 13.6. The number of carbonyl (C=O) groups is 2. The van der Waals surface area contributed by atoms with Crippen LogP contribution < -0.4 is 14.8 Å². The third-order valence-electron chi connectivity index (χ3n) is 7.41. The number of fused-ring (bicyclic) bond motifs is 3. The summed E-state index contributed by atoms with van der Waals surface area (Å²) in [5.74, 6) is -0.817. The molecule has 11 nitrogen and oxygen atoms in total. The maximum absolute atomic E-state index is 13.7. The Morgan fingerprint density at radius 3 is 2.69 bits per heavy atom. The summed E-state index contributed by atoms with van der Waals surface area (Å²) in [4.78, 5) is 28.7. The van der Waals surface area contributed by atoms with Crippen LogP contribution in [0.15, 0.2) is 23.8 Å². The molecule has 0 aromatic heterocycles. The van der Waals surface area contributed by atoms with Crippen LogP contribution >= 0.6 is 0 Å². The van der Waals surface area contributed by atoms with Crippen LogP contribution in [-0.4, -0.2) is 103 Å². The zero-order chi connectivity index (χ0) is 28.1. The van der Waals surface area contributed by atoms with Crippen molar-refractivity contribution in [2.75, 3.05) is 46.6 Å². The van der Waals surface area contributed by atoms with Gasteiger partial charge in [-0.3, -0.25) is 9.59 Å². The van der Waals surface area contributed by atoms with E-state index in [1.54, 1.807) is 23.1 Å². The van der Waals surface area contributed by atoms with Crippen molar-refractivity contribution in [2.24, 2.45) is 5.92 Å². The second-order valence-electron chi connectivity index (χ2n) is 10.4. The number of methoxy groups -OCH3 is 1. The highest BCUT2D eigenvalue weighted by molar-refractivity contribution is 5.96. The first kappa shape index (κ1) is 29.3. The summed E-state index contributed by atoms with van der Waals surface area (Å²) < 4.78 is 22.9. The molecule has 2 aliphatic heterocycles. The highest BCUT2D eigenvalue weighted by atomic mass is 16.5. The van der Waals surface area contributed by atoms with Gasteiger partial charge < -0.3 is 44.5 Å². The molecule has 39 heavy (non-hydrogen) atoms. The topological polar surface area (TPSA) is 147 Å². The van der Waals surface area contributed by atoms with Gasteiger partial charge in [-0.1, -0.05) is 0 Å². The highest BCUT2D eigenvalue weighted by Gasteiger charge is 2.51. The Hall–Kier alpha value is -2.70. The van der Waals surface area contributed by atoms with Gasteiger partial charge in [-0.2, -0.15) is 0 Å². The second kappa shape index (κ2) is 13.1. The van der Waals surface area contributed by atoms with E-state index in [-0.39, 0.29) is 37.7 Å². The zero-order valence-electron chi connectivity index (χ0n) is 22.8. The van der Waals surface area contributed by atoms with Crippen molar-refractivity contribution in [3.63, 3.8) is 0 Å². The summed E-state index contributed by atoms with van der Waals surface area (Å²) in [5, 5.41) is 33.5. The average molecular weight is 549 g/mol. The van der Waals surface area contributed by atoms with E-state index >= 15 is 0 Å². The highest BCUT2D eigenvalue weighted by Crippen LogP contribution is 2.51. The Labute approximate surface area is 228 Å². The number of nitrogens with zero attached hydrogens (tertiary/aromatic N) is 1. The lowest BCUT2D eigenvalue weighted by Gasteiger charge is -2.41. The maximum atomic E-state index is 13.7. The number of amides is 2. The molecule has 2 heterocycles. The predicted molar refractivity (Wildman–Crippen MR) is 140 cm³/mol. The van der Waals surface area contributed by atoms with E-state index in [0.29, 0.717) is 67.4 Å². The fourth-order valence-electron chi connectivity index (χ4n) is 5.54. The molecular weight excluding hydrogens is 508 g/mol. The lowest BCUT2D eigenvalue weighted by Crippen LogP contribution is -2.57. The fraction of sp³-hybridized carbons (Fsp3) is 0.643. The molecule has 4 rings (SSSR count). The number of aliphatic hydroxyl groups excluding tert-OH is 3. The van der Waals surface area contributed by atoms with Crippen molar-refractivity contribution in [1.82, 2.24) is 10.2 Å². The molecule has 0 saturated carbocycles. The average Bonchev–Trinajstić information content (AvgIpc) is 3.60. The number of benzene rings is 1. The fourth-order valence-corrected chi connectivity index (χ4v) is 5.54. The molecule has 2 amide bonds. The molecule has 216 valence electrons. The number of aliphatic hydroxyl groups is 3. The van der Waals surface area contributed by atoms with Crippen LogP contribution in [0.5, 0.6) is 11.5 Å². The summed E-state index contributed by atoms with van der Waals surface area (Å²) in [7, 11) is 1.48. The quantitative estimate of drug-likeness (QED) is 0.274. The monoisotopic (exact) mass is 548 g/mol. The molecule has 0 spiro atoms. The molecule has 1 saturated heterocycles. The molecule has 1 aliphatic carbocycles. The minimum Gasteiger partial charge on any atom is -0.493 e. The van der Waals surface area contributed by atoms with Crippen molar-refractivity contribution in [3.8, 4) is 11.5 Å². The lowest BCUT2D eigenvalue weighted by molar-refractivity contribution is -0.141. The van der Waals surface area contributed by atoms with E-state index in [1.807, 2.05) is 13.8 Å². The van der Waals surface area contributed by atoms with Crippen LogP contribution in [0.1, 0.15) is 43.7 Å². The Kier molecular flexibility index (Phi) is 9.84. The standard InChI is InChI=1S/C28H40N2O9/c1-16(2)38-9-4-7-30(28(35)18-5-10-37-15-18)21-13-20(27(34)29-6-8-31)23-19-11-17(14-32)12-22(36-3)25(19)39-26(23)24(21)33/h11-13,16,18,21,23-24,26,31-33H,4-10,14-15H2,1-3H3,(H,29,34)/t18?,21-,23+,24+,26+/m1/s1. The van der Waals surface area contributed by atoms with E-state index in [0.717, 1.165) is 0 Å². The molecule has 0 radical (unpaired) electrons. The molecule has 3 aliphatic rings. The zero-order valence-corrected chi connectivity index (χ0v) is 22.8. The number of nitrogens with one attached hydrogen (secondary N) is 1. The largest absolute Gasteiger partial charge is 0.493 e. The van der Waals surface area contributed by atoms with Gasteiger partial charge in [0.25, 0.3) is 0 Å². The minimum absolute atomic E-state index is 0.0447. The van der Waals surface area contributed by atoms with Gasteiger partial charge in [-0.05, 0) is 50.5 Å². The van der Waals surface area contributed by atoms with Gasteiger partial charge >= 0.3 is 0 Å². The first-order valence-corrected chi connectivity index (χ1v) is 13.6. The summed E-state index contributed by atoms with van der Waals surface area (Å²) in [5.41, 5.74) is 1.50. The number of ether oxygens (including phenoxy) is 4. The number of hydrogen-bond donors (Lipinski definition) is 4. The summed E-state index contributed by atoms with van der Waals surface area (Å²) in [6, 6.07) is 2.55. The van der Waals surface area contributed by atoms with Crippen molar-refractivity contribution in [2.45, 2.75) is 63.6 Å². The molecule has 1 unspecified atom stereocenters. The molecule has 1 aromatic rings. The van der Waals surface area contributed by atoms with Gasteiger partial charge in [-0.25, -0.2) is 0 Å². The van der Waals surface area contributed by atoms with E-state index in [1.165, 1.54) is 7.11 Å². The van der Waals surface area contributed by atoms with Crippen LogP contribution in [0.3, 0.4) is 0 Å². The van der Waals surface area contributed by atoms with E-state index in [4.69, 9.17) is 18.9 Å². The number of carbonyl (C=O) groups excluding carboxylic acids is 2. The van der Waals surface area contributed by atoms with Gasteiger partial charge in [0.2, 0.25) is 11.8 Å². The van der Waals surface area contributed by atoms with E-state index < -0.39 is 30.1 Å². The van der Waals surface area contributed by atoms with Gasteiger partial charge in [0, 0.05) is 37.4 Å². The molecule has 1 aromatic carbocycles. The van der Waals surface area contributed by atoms with E-state index in [9.17, 15) is 24.9 Å². The Balaban J connectivity index is 1.73. The third kappa shape index (κ3) is 6.22. The molecule has 11 heteroatoms. The van der Waals surface area contributed by atoms with Gasteiger partial charge in [-0.15, -0.1) is 0 Å². The third-order valence-corrected chi connectivity index (χ3v) is 7.41. The van der Waals surface area contributed by atoms with E-state index in [2.05, 4.69) is 5.32 Å². The number of rotatable bonds is 12. The Morgan fingerprint density at radius 1 is 1.26 bits per heavy atom. The van der Waals surface area contributed by atoms with Gasteiger partial charge in [0.1, 0.15) is 12.2 Å². The van der Waals surface area contributed by atoms with Crippen molar-refractivity contribution < 1.29 is 43.9 Å². The molecular formula is C28H40N2O9. The van der Waals surface area contributed by atoms with Crippen LogP contribution in [0.4, 0.5) is 0 Å². The Bertz CT molecular complexity index is 1050. The van der Waals surface area contributed by atoms with Crippen molar-refractivity contribution in [3.05, 3.63) is 34.9 Å². The molecule has 4 N–H and O–H groups in total. The molecule has 1 fully saturated rings. The minimum atomic E-state index is -1.16. The van der Waals surface area contributed by atoms with Crippen LogP contribution in [0.2, 0.25) is 0 Å². The summed E-state index contributed by atoms with van der Waals surface area (Å²) >= 11 is 0. The number of hydrogen-bond acceptors (Lipinski definition) is 9. The lowest BCUT2D eigenvalue weighted by atomic mass is 9.77. The normalized spacial score (nSPS) is 25.5. The van der Waals surface area contributed by atoms with Crippen LogP contribution in [0.25, 0.3) is 0 Å². The van der Waals surface area contributed by atoms with Crippen molar-refractivity contribution in [1.29, 1.82) is 0 Å². The predicted octanol–water partition coefficient (Wildman–Crippen LogP) is 0.490. The first-order chi connectivity index (χ1) is 18.8. The maximum Gasteiger partial charge on any atom is 0.247 e. The van der Waals surface area contributed by atoms with Crippen LogP contribution in [0, 0.1) is 5.92 Å². The Morgan fingerprint density at radius 2 is 2.05 bits per heavy atom. The molecule has 5 atom stereocenters. The molecule has 0 bridgehead atoms. The summed E-state index contributed by atoms with van der Waals surface area (Å²) in [6.45, 7) is 5.00. The van der Waals surface area contributed by atoms with Crippen LogP contribution in [-0.2, 0) is 25.7 Å². The summed E-state index contributed by atoms with van der Waals surface area (Å²) in [6.07, 6.45) is 0.786. The van der Waals surface area contributed by atoms with Crippen molar-refractivity contribution >= 4 is 11.8 Å². The van der Waals surface area contributed by atoms with Gasteiger partial charge in [0.05, 0.1) is 50.9 Å². The second-order valence-corrected chi connectivity index (χ2v) is 10.4. The SMILES string of the molecule is COc1cc(CO)cc2c1O[C@@H]1[C@@H](O)[C@H](N(CCCOC(C)C)C(=O)C3CCOC3)C=C(C(=O)NCCO)[C@H]21. The smallest absolute Gasteiger partial charge is 0.247 e. The van der Waals surface area contributed by atoms with Gasteiger partial charge in [0.15, 0.2) is 11.5 Å².